The van der Waals surface area contributed by atoms with Crippen LogP contribution >= 0.6 is 0 Å². The van der Waals surface area contributed by atoms with Crippen molar-refractivity contribution >= 4 is 6.29 Å². The van der Waals surface area contributed by atoms with Crippen LogP contribution in [0.25, 0.3) is 0 Å². The smallest absolute Gasteiger partial charge is 0.116 e. The SMILES string of the molecule is C=C(CCCCC1CCCCC1CCCC)C(C)CCCCCC.CC=O. The first-order chi connectivity index (χ1) is 13.1. The van der Waals surface area contributed by atoms with Gasteiger partial charge in [0.2, 0.25) is 0 Å². The van der Waals surface area contributed by atoms with Crippen molar-refractivity contribution in [3.63, 3.8) is 0 Å². The predicted octanol–water partition coefficient (Wildman–Crippen LogP) is 8.91. The molecule has 160 valence electrons. The summed E-state index contributed by atoms with van der Waals surface area (Å²) in [4.78, 5) is 8.81. The molecule has 0 aromatic heterocycles. The molecule has 1 nitrogen and oxygen atoms in total. The lowest BCUT2D eigenvalue weighted by Gasteiger charge is -2.32. The van der Waals surface area contributed by atoms with E-state index >= 15 is 0 Å². The van der Waals surface area contributed by atoms with Gasteiger partial charge in [-0.15, -0.1) is 0 Å². The summed E-state index contributed by atoms with van der Waals surface area (Å²) in [7, 11) is 0. The molecule has 27 heavy (non-hydrogen) atoms. The Morgan fingerprint density at radius 1 is 0.926 bits per heavy atom. The number of carbonyl (C=O) groups is 1. The number of aldehydes is 1. The highest BCUT2D eigenvalue weighted by molar-refractivity contribution is 5.44. The molecule has 1 aliphatic carbocycles. The van der Waals surface area contributed by atoms with Gasteiger partial charge in [0.25, 0.3) is 0 Å². The molecule has 0 aromatic carbocycles. The van der Waals surface area contributed by atoms with Gasteiger partial charge in [-0.25, -0.2) is 0 Å². The lowest BCUT2D eigenvalue weighted by molar-refractivity contribution is -0.106. The van der Waals surface area contributed by atoms with Crippen molar-refractivity contribution in [3.8, 4) is 0 Å². The molecule has 0 spiro atoms. The summed E-state index contributed by atoms with van der Waals surface area (Å²) in [5.41, 5.74) is 1.53. The van der Waals surface area contributed by atoms with Crippen molar-refractivity contribution in [1.82, 2.24) is 0 Å². The standard InChI is InChI=1S/C24H46.C2H4O/c1-5-7-9-10-15-21(3)22(4)16-11-12-18-24-20-14-13-19-23(24)17-8-6-2;1-2-3/h21,23-24H,4-20H2,1-3H3;2H,1H3. The van der Waals surface area contributed by atoms with E-state index in [9.17, 15) is 0 Å². The maximum absolute atomic E-state index is 8.81. The average molecular weight is 379 g/mol. The average Bonchev–Trinajstić information content (AvgIpc) is 2.68. The summed E-state index contributed by atoms with van der Waals surface area (Å²) in [5, 5.41) is 0. The van der Waals surface area contributed by atoms with Gasteiger partial charge in [0.1, 0.15) is 6.29 Å². The van der Waals surface area contributed by atoms with Crippen molar-refractivity contribution in [2.45, 2.75) is 130 Å². The largest absolute Gasteiger partial charge is 0.304 e. The van der Waals surface area contributed by atoms with E-state index in [0.717, 1.165) is 24.0 Å². The fourth-order valence-electron chi connectivity index (χ4n) is 4.60. The van der Waals surface area contributed by atoms with E-state index in [1.54, 1.807) is 0 Å². The normalized spacial score (nSPS) is 20.4. The van der Waals surface area contributed by atoms with E-state index in [1.165, 1.54) is 115 Å². The van der Waals surface area contributed by atoms with Crippen LogP contribution in [0.5, 0.6) is 0 Å². The summed E-state index contributed by atoms with van der Waals surface area (Å²) in [6, 6.07) is 0. The van der Waals surface area contributed by atoms with Crippen LogP contribution in [0.2, 0.25) is 0 Å². The Morgan fingerprint density at radius 3 is 2.04 bits per heavy atom. The van der Waals surface area contributed by atoms with Crippen LogP contribution in [0.1, 0.15) is 130 Å². The van der Waals surface area contributed by atoms with Gasteiger partial charge in [0.05, 0.1) is 0 Å². The summed E-state index contributed by atoms with van der Waals surface area (Å²) >= 11 is 0. The first kappa shape index (κ1) is 26.4. The topological polar surface area (TPSA) is 17.1 Å². The maximum atomic E-state index is 8.81. The van der Waals surface area contributed by atoms with E-state index < -0.39 is 0 Å². The molecule has 0 N–H and O–H groups in total. The van der Waals surface area contributed by atoms with Crippen LogP contribution < -0.4 is 0 Å². The zero-order valence-electron chi connectivity index (χ0n) is 19.2. The molecule has 1 rings (SSSR count). The first-order valence-corrected chi connectivity index (χ1v) is 12.2. The van der Waals surface area contributed by atoms with E-state index in [0.29, 0.717) is 0 Å². The summed E-state index contributed by atoms with van der Waals surface area (Å²) < 4.78 is 0. The molecular weight excluding hydrogens is 328 g/mol. The fraction of sp³-hybridized carbons (Fsp3) is 0.885. The Hall–Kier alpha value is -0.590. The molecule has 0 heterocycles. The highest BCUT2D eigenvalue weighted by Gasteiger charge is 2.23. The maximum Gasteiger partial charge on any atom is 0.116 e. The van der Waals surface area contributed by atoms with Crippen LogP contribution in [-0.2, 0) is 4.79 Å². The molecular formula is C26H50O. The Balaban J connectivity index is 0.00000210. The van der Waals surface area contributed by atoms with Gasteiger partial charge in [-0.2, -0.15) is 0 Å². The molecule has 1 aliphatic rings. The molecule has 1 fully saturated rings. The fourth-order valence-corrected chi connectivity index (χ4v) is 4.60. The predicted molar refractivity (Wildman–Crippen MR) is 122 cm³/mol. The zero-order valence-corrected chi connectivity index (χ0v) is 19.2. The van der Waals surface area contributed by atoms with Crippen LogP contribution in [0.15, 0.2) is 12.2 Å². The number of unbranched alkanes of at least 4 members (excludes halogenated alkanes) is 5. The quantitative estimate of drug-likeness (QED) is 0.167. The second kappa shape index (κ2) is 18.8. The Labute approximate surface area is 171 Å². The molecule has 3 atom stereocenters. The van der Waals surface area contributed by atoms with Crippen molar-refractivity contribution in [1.29, 1.82) is 0 Å². The minimum atomic E-state index is 0.744. The molecule has 0 aromatic rings. The molecule has 0 radical (unpaired) electrons. The summed E-state index contributed by atoms with van der Waals surface area (Å²) in [5.74, 6) is 2.85. The first-order valence-electron chi connectivity index (χ1n) is 12.2. The van der Waals surface area contributed by atoms with E-state index in [4.69, 9.17) is 4.79 Å². The molecule has 0 saturated heterocycles. The number of hydrogen-bond donors (Lipinski definition) is 0. The third-order valence-corrected chi connectivity index (χ3v) is 6.51. The molecule has 0 bridgehead atoms. The van der Waals surface area contributed by atoms with Gasteiger partial charge in [-0.05, 0) is 43.9 Å². The van der Waals surface area contributed by atoms with Crippen LogP contribution in [0, 0.1) is 17.8 Å². The molecule has 0 amide bonds. The second-order valence-corrected chi connectivity index (χ2v) is 8.84. The van der Waals surface area contributed by atoms with Crippen molar-refractivity contribution in [2.24, 2.45) is 17.8 Å². The Bertz CT molecular complexity index is 346. The van der Waals surface area contributed by atoms with Gasteiger partial charge in [-0.3, -0.25) is 0 Å². The van der Waals surface area contributed by atoms with Crippen LogP contribution in [-0.4, -0.2) is 6.29 Å². The lowest BCUT2D eigenvalue weighted by atomic mass is 9.74. The number of carbonyl (C=O) groups excluding carboxylic acids is 1. The molecule has 0 aliphatic heterocycles. The van der Waals surface area contributed by atoms with Gasteiger partial charge in [0, 0.05) is 0 Å². The molecule has 1 saturated carbocycles. The number of rotatable bonds is 14. The van der Waals surface area contributed by atoms with E-state index in [1.807, 2.05) is 0 Å². The van der Waals surface area contributed by atoms with Gasteiger partial charge in [0.15, 0.2) is 0 Å². The van der Waals surface area contributed by atoms with Gasteiger partial charge in [-0.1, -0.05) is 116 Å². The van der Waals surface area contributed by atoms with E-state index in [-0.39, 0.29) is 0 Å². The van der Waals surface area contributed by atoms with Crippen LogP contribution in [0.4, 0.5) is 0 Å². The lowest BCUT2D eigenvalue weighted by Crippen LogP contribution is -2.19. The van der Waals surface area contributed by atoms with Crippen LogP contribution in [0.3, 0.4) is 0 Å². The van der Waals surface area contributed by atoms with Crippen molar-refractivity contribution in [3.05, 3.63) is 12.2 Å². The highest BCUT2D eigenvalue weighted by atomic mass is 16.1. The summed E-state index contributed by atoms with van der Waals surface area (Å²) in [6.45, 7) is 12.9. The minimum absolute atomic E-state index is 0.744. The zero-order chi connectivity index (χ0) is 20.3. The second-order valence-electron chi connectivity index (χ2n) is 8.84. The number of hydrogen-bond acceptors (Lipinski definition) is 1. The van der Waals surface area contributed by atoms with Crippen molar-refractivity contribution < 1.29 is 4.79 Å². The number of allylic oxidation sites excluding steroid dienone is 1. The van der Waals surface area contributed by atoms with Crippen molar-refractivity contribution in [2.75, 3.05) is 0 Å². The monoisotopic (exact) mass is 378 g/mol. The van der Waals surface area contributed by atoms with Gasteiger partial charge < -0.3 is 4.79 Å². The molecule has 1 heteroatoms. The highest BCUT2D eigenvalue weighted by Crippen LogP contribution is 2.37. The summed E-state index contributed by atoms with van der Waals surface area (Å²) in [6.07, 6.45) is 23.6. The van der Waals surface area contributed by atoms with Gasteiger partial charge >= 0.3 is 0 Å². The van der Waals surface area contributed by atoms with E-state index in [2.05, 4.69) is 27.4 Å². The Kier molecular flexibility index (Phi) is 18.3. The third kappa shape index (κ3) is 14.1. The Morgan fingerprint density at radius 2 is 1.48 bits per heavy atom. The minimum Gasteiger partial charge on any atom is -0.304 e. The third-order valence-electron chi connectivity index (χ3n) is 6.51. The molecule has 3 unspecified atom stereocenters.